The molecule has 1 heterocycles. The lowest BCUT2D eigenvalue weighted by Gasteiger charge is -2.13. The Morgan fingerprint density at radius 3 is 2.93 bits per heavy atom. The predicted octanol–water partition coefficient (Wildman–Crippen LogP) is 2.78. The van der Waals surface area contributed by atoms with Gasteiger partial charge in [0.25, 0.3) is 0 Å². The third-order valence-corrected chi connectivity index (χ3v) is 2.42. The van der Waals surface area contributed by atoms with Gasteiger partial charge in [-0.05, 0) is 31.4 Å². The molecule has 1 atom stereocenters. The number of rotatable bonds is 4. The van der Waals surface area contributed by atoms with Gasteiger partial charge in [0.1, 0.15) is 0 Å². The highest BCUT2D eigenvalue weighted by molar-refractivity contribution is 5.24. The maximum Gasteiger partial charge on any atom is 0.0844 e. The van der Waals surface area contributed by atoms with Crippen molar-refractivity contribution in [2.75, 3.05) is 0 Å². The van der Waals surface area contributed by atoms with Crippen LogP contribution in [0.1, 0.15) is 37.0 Å². The van der Waals surface area contributed by atoms with Gasteiger partial charge in [-0.3, -0.25) is 4.98 Å². The second-order valence-corrected chi connectivity index (χ2v) is 3.56. The molecule has 76 valence electrons. The van der Waals surface area contributed by atoms with Crippen molar-refractivity contribution in [2.24, 2.45) is 0 Å². The number of hydrogen-bond acceptors (Lipinski definition) is 2. The van der Waals surface area contributed by atoms with E-state index in [1.54, 1.807) is 12.4 Å². The Bertz CT molecular complexity index is 320. The summed E-state index contributed by atoms with van der Waals surface area (Å²) in [7, 11) is 0. The standard InChI is InChI=1S/C12H17NO/c1-4-9(2)7-12(14)11-8-13-6-5-10(11)3/h5-6,8,12,14H,2,4,7H2,1,3H3. The quantitative estimate of drug-likeness (QED) is 0.742. The minimum absolute atomic E-state index is 0.462. The number of aliphatic hydroxyl groups is 1. The highest BCUT2D eigenvalue weighted by Crippen LogP contribution is 2.23. The van der Waals surface area contributed by atoms with E-state index in [0.29, 0.717) is 6.42 Å². The molecule has 1 unspecified atom stereocenters. The lowest BCUT2D eigenvalue weighted by atomic mass is 9.99. The van der Waals surface area contributed by atoms with E-state index in [-0.39, 0.29) is 0 Å². The van der Waals surface area contributed by atoms with Crippen LogP contribution in [0.3, 0.4) is 0 Å². The van der Waals surface area contributed by atoms with Crippen LogP contribution in [0.15, 0.2) is 30.6 Å². The third kappa shape index (κ3) is 2.67. The van der Waals surface area contributed by atoms with E-state index in [1.165, 1.54) is 0 Å². The summed E-state index contributed by atoms with van der Waals surface area (Å²) < 4.78 is 0. The normalized spacial score (nSPS) is 12.5. The van der Waals surface area contributed by atoms with Gasteiger partial charge in [-0.25, -0.2) is 0 Å². The van der Waals surface area contributed by atoms with Gasteiger partial charge in [0.2, 0.25) is 0 Å². The molecule has 0 spiro atoms. The van der Waals surface area contributed by atoms with Gasteiger partial charge in [0.05, 0.1) is 6.10 Å². The zero-order valence-corrected chi connectivity index (χ0v) is 8.83. The molecular weight excluding hydrogens is 174 g/mol. The van der Waals surface area contributed by atoms with Gasteiger partial charge >= 0.3 is 0 Å². The Morgan fingerprint density at radius 2 is 2.36 bits per heavy atom. The molecule has 0 aliphatic carbocycles. The lowest BCUT2D eigenvalue weighted by Crippen LogP contribution is -2.01. The molecule has 14 heavy (non-hydrogen) atoms. The molecule has 0 aliphatic heterocycles. The van der Waals surface area contributed by atoms with Crippen LogP contribution in [-0.4, -0.2) is 10.1 Å². The van der Waals surface area contributed by atoms with Gasteiger partial charge in [-0.2, -0.15) is 0 Å². The summed E-state index contributed by atoms with van der Waals surface area (Å²) >= 11 is 0. The average molecular weight is 191 g/mol. The first-order valence-electron chi connectivity index (χ1n) is 4.90. The van der Waals surface area contributed by atoms with Gasteiger partial charge in [-0.15, -0.1) is 0 Å². The molecule has 0 saturated carbocycles. The van der Waals surface area contributed by atoms with Crippen LogP contribution in [-0.2, 0) is 0 Å². The van der Waals surface area contributed by atoms with Gasteiger partial charge < -0.3 is 5.11 Å². The second kappa shape index (κ2) is 4.91. The molecule has 0 amide bonds. The highest BCUT2D eigenvalue weighted by Gasteiger charge is 2.10. The first kappa shape index (κ1) is 10.9. The Balaban J connectivity index is 2.74. The van der Waals surface area contributed by atoms with Crippen LogP contribution in [0.25, 0.3) is 0 Å². The molecular formula is C12H17NO. The van der Waals surface area contributed by atoms with E-state index < -0.39 is 6.10 Å². The molecule has 1 rings (SSSR count). The molecule has 0 aromatic carbocycles. The molecule has 1 aromatic heterocycles. The minimum atomic E-state index is -0.462. The van der Waals surface area contributed by atoms with Crippen molar-refractivity contribution in [1.82, 2.24) is 4.98 Å². The summed E-state index contributed by atoms with van der Waals surface area (Å²) in [5.41, 5.74) is 3.05. The fraction of sp³-hybridized carbons (Fsp3) is 0.417. The van der Waals surface area contributed by atoms with Crippen LogP contribution in [0.5, 0.6) is 0 Å². The van der Waals surface area contributed by atoms with Crippen molar-refractivity contribution >= 4 is 0 Å². The average Bonchev–Trinajstić information content (AvgIpc) is 2.18. The SMILES string of the molecule is C=C(CC)CC(O)c1cnccc1C. The number of aromatic nitrogens is 1. The molecule has 1 N–H and O–H groups in total. The smallest absolute Gasteiger partial charge is 0.0844 e. The molecule has 0 saturated heterocycles. The first-order chi connectivity index (χ1) is 6.65. The number of pyridine rings is 1. The van der Waals surface area contributed by atoms with Crippen molar-refractivity contribution in [3.8, 4) is 0 Å². The number of aryl methyl sites for hydroxylation is 1. The van der Waals surface area contributed by atoms with Crippen LogP contribution in [0.2, 0.25) is 0 Å². The second-order valence-electron chi connectivity index (χ2n) is 3.56. The maximum atomic E-state index is 9.90. The third-order valence-electron chi connectivity index (χ3n) is 2.42. The van der Waals surface area contributed by atoms with Crippen LogP contribution in [0.4, 0.5) is 0 Å². The van der Waals surface area contributed by atoms with E-state index in [1.807, 2.05) is 19.9 Å². The fourth-order valence-corrected chi connectivity index (χ4v) is 1.35. The van der Waals surface area contributed by atoms with Gasteiger partial charge in [0.15, 0.2) is 0 Å². The maximum absolute atomic E-state index is 9.90. The fourth-order valence-electron chi connectivity index (χ4n) is 1.35. The number of nitrogens with zero attached hydrogens (tertiary/aromatic N) is 1. The molecule has 0 aliphatic rings. The number of hydrogen-bond donors (Lipinski definition) is 1. The van der Waals surface area contributed by atoms with E-state index in [0.717, 1.165) is 23.1 Å². The van der Waals surface area contributed by atoms with Crippen LogP contribution >= 0.6 is 0 Å². The Morgan fingerprint density at radius 1 is 1.64 bits per heavy atom. The highest BCUT2D eigenvalue weighted by atomic mass is 16.3. The van der Waals surface area contributed by atoms with Crippen molar-refractivity contribution in [2.45, 2.75) is 32.8 Å². The van der Waals surface area contributed by atoms with Crippen molar-refractivity contribution < 1.29 is 5.11 Å². The predicted molar refractivity (Wildman–Crippen MR) is 58.0 cm³/mol. The molecule has 2 nitrogen and oxygen atoms in total. The Labute approximate surface area is 85.3 Å². The molecule has 2 heteroatoms. The zero-order chi connectivity index (χ0) is 10.6. The minimum Gasteiger partial charge on any atom is -0.388 e. The van der Waals surface area contributed by atoms with Crippen LogP contribution < -0.4 is 0 Å². The summed E-state index contributed by atoms with van der Waals surface area (Å²) in [6.45, 7) is 7.92. The van der Waals surface area contributed by atoms with E-state index >= 15 is 0 Å². The molecule has 0 radical (unpaired) electrons. The zero-order valence-electron chi connectivity index (χ0n) is 8.83. The van der Waals surface area contributed by atoms with Crippen LogP contribution in [0, 0.1) is 6.92 Å². The summed E-state index contributed by atoms with van der Waals surface area (Å²) in [6.07, 6.45) is 4.54. The molecule has 1 aromatic rings. The largest absolute Gasteiger partial charge is 0.388 e. The Kier molecular flexibility index (Phi) is 3.84. The van der Waals surface area contributed by atoms with Crippen molar-refractivity contribution in [1.29, 1.82) is 0 Å². The summed E-state index contributed by atoms with van der Waals surface area (Å²) in [5.74, 6) is 0. The van der Waals surface area contributed by atoms with E-state index in [2.05, 4.69) is 11.6 Å². The number of aliphatic hydroxyl groups excluding tert-OH is 1. The summed E-state index contributed by atoms with van der Waals surface area (Å²) in [6, 6.07) is 1.91. The lowest BCUT2D eigenvalue weighted by molar-refractivity contribution is 0.176. The first-order valence-corrected chi connectivity index (χ1v) is 4.90. The molecule has 0 fully saturated rings. The monoisotopic (exact) mass is 191 g/mol. The Hall–Kier alpha value is -1.15. The van der Waals surface area contributed by atoms with Gasteiger partial charge in [-0.1, -0.05) is 19.1 Å². The van der Waals surface area contributed by atoms with Gasteiger partial charge in [0, 0.05) is 18.0 Å². The van der Waals surface area contributed by atoms with Crippen molar-refractivity contribution in [3.63, 3.8) is 0 Å². The van der Waals surface area contributed by atoms with Crippen molar-refractivity contribution in [3.05, 3.63) is 41.7 Å². The van der Waals surface area contributed by atoms with E-state index in [4.69, 9.17) is 0 Å². The summed E-state index contributed by atoms with van der Waals surface area (Å²) in [5, 5.41) is 9.90. The molecule has 0 bridgehead atoms. The summed E-state index contributed by atoms with van der Waals surface area (Å²) in [4.78, 5) is 4.01. The van der Waals surface area contributed by atoms with E-state index in [9.17, 15) is 5.11 Å². The topological polar surface area (TPSA) is 33.1 Å².